The van der Waals surface area contributed by atoms with Crippen molar-refractivity contribution in [1.29, 1.82) is 0 Å². The summed E-state index contributed by atoms with van der Waals surface area (Å²) in [5.74, 6) is 5.84. The van der Waals surface area contributed by atoms with Crippen molar-refractivity contribution in [2.75, 3.05) is 0 Å². The van der Waals surface area contributed by atoms with Crippen molar-refractivity contribution < 1.29 is 5.11 Å². The summed E-state index contributed by atoms with van der Waals surface area (Å²) in [4.78, 5) is 0. The molecule has 0 bridgehead atoms. The van der Waals surface area contributed by atoms with Crippen LogP contribution in [0.4, 0.5) is 0 Å². The van der Waals surface area contributed by atoms with Crippen LogP contribution >= 0.6 is 0 Å². The average molecular weight is 224 g/mol. The standard InChI is InChI=1S/C16H16O/c1-2-3-4-12-16(17)15-11-7-9-13-8-5-6-10-14(13)15/h5-11,16-17H,4,12H2,1H3. The number of fused-ring (bicyclic) bond motifs is 1. The van der Waals surface area contributed by atoms with Crippen molar-refractivity contribution >= 4 is 10.8 Å². The van der Waals surface area contributed by atoms with Gasteiger partial charge in [0.25, 0.3) is 0 Å². The van der Waals surface area contributed by atoms with Crippen molar-refractivity contribution in [3.05, 3.63) is 48.0 Å². The maximum atomic E-state index is 10.2. The van der Waals surface area contributed by atoms with Crippen molar-refractivity contribution in [3.63, 3.8) is 0 Å². The fourth-order valence-corrected chi connectivity index (χ4v) is 2.03. The molecule has 0 aliphatic carbocycles. The minimum atomic E-state index is -0.429. The van der Waals surface area contributed by atoms with E-state index in [0.29, 0.717) is 6.42 Å². The molecule has 2 aromatic carbocycles. The van der Waals surface area contributed by atoms with Crippen LogP contribution in [0.1, 0.15) is 31.4 Å². The van der Waals surface area contributed by atoms with E-state index in [0.717, 1.165) is 17.4 Å². The van der Waals surface area contributed by atoms with Gasteiger partial charge in [0, 0.05) is 6.42 Å². The van der Waals surface area contributed by atoms with Gasteiger partial charge in [0.05, 0.1) is 6.10 Å². The quantitative estimate of drug-likeness (QED) is 0.788. The second-order valence-electron chi connectivity index (χ2n) is 4.05. The van der Waals surface area contributed by atoms with E-state index in [2.05, 4.69) is 30.0 Å². The smallest absolute Gasteiger partial charge is 0.0805 e. The van der Waals surface area contributed by atoms with Gasteiger partial charge in [-0.3, -0.25) is 0 Å². The third-order valence-corrected chi connectivity index (χ3v) is 2.90. The summed E-state index contributed by atoms with van der Waals surface area (Å²) in [7, 11) is 0. The number of aliphatic hydroxyl groups is 1. The van der Waals surface area contributed by atoms with Gasteiger partial charge < -0.3 is 5.11 Å². The molecule has 0 spiro atoms. The van der Waals surface area contributed by atoms with Gasteiger partial charge >= 0.3 is 0 Å². The molecule has 1 atom stereocenters. The minimum absolute atomic E-state index is 0.429. The molecule has 0 radical (unpaired) electrons. The first-order chi connectivity index (χ1) is 8.33. The van der Waals surface area contributed by atoms with Gasteiger partial charge in [-0.1, -0.05) is 42.5 Å². The van der Waals surface area contributed by atoms with Crippen molar-refractivity contribution in [2.24, 2.45) is 0 Å². The zero-order chi connectivity index (χ0) is 12.1. The second kappa shape index (κ2) is 5.52. The molecule has 86 valence electrons. The Morgan fingerprint density at radius 1 is 1.12 bits per heavy atom. The Balaban J connectivity index is 2.30. The fourth-order valence-electron chi connectivity index (χ4n) is 2.03. The molecule has 0 aromatic heterocycles. The third kappa shape index (κ3) is 2.67. The van der Waals surface area contributed by atoms with E-state index in [9.17, 15) is 5.11 Å². The molecule has 1 unspecified atom stereocenters. The Hall–Kier alpha value is -1.78. The molecule has 2 rings (SSSR count). The van der Waals surface area contributed by atoms with Crippen LogP contribution in [0.25, 0.3) is 10.8 Å². The van der Waals surface area contributed by atoms with Gasteiger partial charge in [-0.2, -0.15) is 0 Å². The maximum absolute atomic E-state index is 10.2. The molecule has 0 aliphatic heterocycles. The molecule has 0 aliphatic rings. The number of hydrogen-bond acceptors (Lipinski definition) is 1. The Labute approximate surface area is 102 Å². The molecule has 0 amide bonds. The first-order valence-electron chi connectivity index (χ1n) is 5.88. The SMILES string of the molecule is CC#CCCC(O)c1cccc2ccccc12. The van der Waals surface area contributed by atoms with E-state index in [1.165, 1.54) is 5.39 Å². The van der Waals surface area contributed by atoms with Crippen molar-refractivity contribution in [2.45, 2.75) is 25.9 Å². The van der Waals surface area contributed by atoms with E-state index < -0.39 is 6.10 Å². The lowest BCUT2D eigenvalue weighted by Crippen LogP contribution is -1.97. The monoisotopic (exact) mass is 224 g/mol. The van der Waals surface area contributed by atoms with Crippen LogP contribution in [-0.2, 0) is 0 Å². The molecule has 0 fully saturated rings. The molecule has 17 heavy (non-hydrogen) atoms. The van der Waals surface area contributed by atoms with Crippen LogP contribution < -0.4 is 0 Å². The third-order valence-electron chi connectivity index (χ3n) is 2.90. The Kier molecular flexibility index (Phi) is 3.80. The normalized spacial score (nSPS) is 11.9. The molecular weight excluding hydrogens is 208 g/mol. The first-order valence-corrected chi connectivity index (χ1v) is 5.88. The van der Waals surface area contributed by atoms with Crippen LogP contribution in [0.2, 0.25) is 0 Å². The largest absolute Gasteiger partial charge is 0.388 e. The first kappa shape index (κ1) is 11.7. The van der Waals surface area contributed by atoms with Gasteiger partial charge in [0.2, 0.25) is 0 Å². The Morgan fingerprint density at radius 2 is 1.88 bits per heavy atom. The molecule has 0 saturated heterocycles. The number of rotatable bonds is 3. The van der Waals surface area contributed by atoms with E-state index in [1.807, 2.05) is 31.2 Å². The molecule has 1 heteroatoms. The summed E-state index contributed by atoms with van der Waals surface area (Å²) in [5.41, 5.74) is 1.00. The summed E-state index contributed by atoms with van der Waals surface area (Å²) in [6, 6.07) is 14.2. The maximum Gasteiger partial charge on any atom is 0.0805 e. The lowest BCUT2D eigenvalue weighted by Gasteiger charge is -2.12. The lowest BCUT2D eigenvalue weighted by atomic mass is 9.98. The van der Waals surface area contributed by atoms with E-state index in [1.54, 1.807) is 0 Å². The predicted molar refractivity (Wildman–Crippen MR) is 71.6 cm³/mol. The van der Waals surface area contributed by atoms with E-state index >= 15 is 0 Å². The van der Waals surface area contributed by atoms with Gasteiger partial charge in [-0.25, -0.2) is 0 Å². The lowest BCUT2D eigenvalue weighted by molar-refractivity contribution is 0.171. The molecule has 1 nitrogen and oxygen atoms in total. The van der Waals surface area contributed by atoms with Gasteiger partial charge in [-0.05, 0) is 29.7 Å². The molecule has 1 N–H and O–H groups in total. The van der Waals surface area contributed by atoms with Crippen LogP contribution in [0.3, 0.4) is 0 Å². The van der Waals surface area contributed by atoms with Crippen molar-refractivity contribution in [3.8, 4) is 11.8 Å². The molecular formula is C16H16O. The Bertz CT molecular complexity index is 555. The van der Waals surface area contributed by atoms with Crippen LogP contribution in [-0.4, -0.2) is 5.11 Å². The molecule has 0 saturated carbocycles. The van der Waals surface area contributed by atoms with Gasteiger partial charge in [0.1, 0.15) is 0 Å². The molecule has 2 aromatic rings. The van der Waals surface area contributed by atoms with Crippen LogP contribution in [0.15, 0.2) is 42.5 Å². The Morgan fingerprint density at radius 3 is 2.71 bits per heavy atom. The van der Waals surface area contributed by atoms with Gasteiger partial charge in [-0.15, -0.1) is 11.8 Å². The van der Waals surface area contributed by atoms with Crippen LogP contribution in [0.5, 0.6) is 0 Å². The van der Waals surface area contributed by atoms with Crippen molar-refractivity contribution in [1.82, 2.24) is 0 Å². The summed E-state index contributed by atoms with van der Waals surface area (Å²) in [5, 5.41) is 12.5. The topological polar surface area (TPSA) is 20.2 Å². The van der Waals surface area contributed by atoms with Crippen LogP contribution in [0, 0.1) is 11.8 Å². The average Bonchev–Trinajstić information content (AvgIpc) is 2.38. The minimum Gasteiger partial charge on any atom is -0.388 e. The summed E-state index contributed by atoms with van der Waals surface area (Å²) in [6.45, 7) is 1.82. The summed E-state index contributed by atoms with van der Waals surface area (Å²) < 4.78 is 0. The molecule has 0 heterocycles. The second-order valence-corrected chi connectivity index (χ2v) is 4.05. The fraction of sp³-hybridized carbons (Fsp3) is 0.250. The van der Waals surface area contributed by atoms with E-state index in [4.69, 9.17) is 0 Å². The highest BCUT2D eigenvalue weighted by atomic mass is 16.3. The number of aliphatic hydroxyl groups excluding tert-OH is 1. The number of benzene rings is 2. The summed E-state index contributed by atoms with van der Waals surface area (Å²) in [6.07, 6.45) is 0.998. The highest BCUT2D eigenvalue weighted by molar-refractivity contribution is 5.85. The zero-order valence-electron chi connectivity index (χ0n) is 9.98. The zero-order valence-corrected chi connectivity index (χ0v) is 9.98. The highest BCUT2D eigenvalue weighted by Crippen LogP contribution is 2.26. The predicted octanol–water partition coefficient (Wildman–Crippen LogP) is 3.68. The van der Waals surface area contributed by atoms with Gasteiger partial charge in [0.15, 0.2) is 0 Å². The summed E-state index contributed by atoms with van der Waals surface area (Å²) >= 11 is 0. The number of hydrogen-bond donors (Lipinski definition) is 1. The highest BCUT2D eigenvalue weighted by Gasteiger charge is 2.09. The van der Waals surface area contributed by atoms with E-state index in [-0.39, 0.29) is 0 Å².